The van der Waals surface area contributed by atoms with E-state index in [1.54, 1.807) is 36.3 Å². The maximum Gasteiger partial charge on any atom is 0.332 e. The number of benzene rings is 3. The fourth-order valence-electron chi connectivity index (χ4n) is 5.47. The van der Waals surface area contributed by atoms with E-state index in [1.165, 1.54) is 4.90 Å². The smallest absolute Gasteiger partial charge is 0.332 e. The van der Waals surface area contributed by atoms with Gasteiger partial charge in [-0.25, -0.2) is 9.69 Å². The number of anilines is 1. The first kappa shape index (κ1) is 20.8. The summed E-state index contributed by atoms with van der Waals surface area (Å²) in [5.74, 6) is 0.239. The van der Waals surface area contributed by atoms with Crippen molar-refractivity contribution < 1.29 is 14.3 Å². The summed E-state index contributed by atoms with van der Waals surface area (Å²) < 4.78 is 5.68. The molecule has 1 saturated heterocycles. The number of hydrogen-bond donors (Lipinski definition) is 1. The number of fused-ring (bicyclic) bond motifs is 5. The van der Waals surface area contributed by atoms with Gasteiger partial charge >= 0.3 is 6.03 Å². The molecule has 170 valence electrons. The number of halogens is 1. The van der Waals surface area contributed by atoms with E-state index in [4.69, 9.17) is 16.3 Å². The zero-order valence-corrected chi connectivity index (χ0v) is 19.5. The Morgan fingerprint density at radius 3 is 2.50 bits per heavy atom. The van der Waals surface area contributed by atoms with Crippen molar-refractivity contribution in [1.29, 1.82) is 0 Å². The molecule has 4 aromatic rings. The van der Waals surface area contributed by atoms with Crippen LogP contribution in [-0.4, -0.2) is 35.5 Å². The lowest BCUT2D eigenvalue weighted by molar-refractivity contribution is -0.125. The predicted molar refractivity (Wildman–Crippen MR) is 132 cm³/mol. The number of urea groups is 1. The quantitative estimate of drug-likeness (QED) is 0.392. The fourth-order valence-corrected chi connectivity index (χ4v) is 5.69. The van der Waals surface area contributed by atoms with E-state index in [2.05, 4.69) is 11.1 Å². The maximum absolute atomic E-state index is 14.0. The minimum absolute atomic E-state index is 0.182. The average Bonchev–Trinajstić information content (AvgIpc) is 3.34. The van der Waals surface area contributed by atoms with E-state index < -0.39 is 5.54 Å². The van der Waals surface area contributed by atoms with Gasteiger partial charge in [0, 0.05) is 28.9 Å². The predicted octanol–water partition coefficient (Wildman–Crippen LogP) is 5.66. The number of aromatic nitrogens is 1. The molecule has 2 atom stereocenters. The number of nitrogens with one attached hydrogen (secondary N) is 1. The van der Waals surface area contributed by atoms with Gasteiger partial charge in [-0.1, -0.05) is 60.1 Å². The number of hydrogen-bond acceptors (Lipinski definition) is 3. The van der Waals surface area contributed by atoms with Crippen LogP contribution in [0.15, 0.2) is 72.8 Å². The van der Waals surface area contributed by atoms with Gasteiger partial charge in [-0.15, -0.1) is 0 Å². The summed E-state index contributed by atoms with van der Waals surface area (Å²) >= 11 is 6.42. The number of rotatable bonds is 3. The van der Waals surface area contributed by atoms with E-state index >= 15 is 0 Å². The lowest BCUT2D eigenvalue weighted by atomic mass is 9.78. The topological polar surface area (TPSA) is 65.6 Å². The van der Waals surface area contributed by atoms with Gasteiger partial charge < -0.3 is 14.6 Å². The molecule has 0 radical (unpaired) electrons. The van der Waals surface area contributed by atoms with Crippen LogP contribution < -0.4 is 9.64 Å². The molecule has 0 spiro atoms. The minimum atomic E-state index is -1.19. The highest BCUT2D eigenvalue weighted by Crippen LogP contribution is 2.51. The second-order valence-electron chi connectivity index (χ2n) is 8.81. The summed E-state index contributed by atoms with van der Waals surface area (Å²) in [5.41, 5.74) is 2.83. The summed E-state index contributed by atoms with van der Waals surface area (Å²) in [7, 11) is 1.64. The number of aromatic amines is 1. The molecule has 2 unspecified atom stereocenters. The fraction of sp³-hybridized carbons (Fsp3) is 0.185. The van der Waals surface area contributed by atoms with Crippen molar-refractivity contribution in [3.8, 4) is 5.75 Å². The van der Waals surface area contributed by atoms with E-state index in [9.17, 15) is 9.59 Å². The number of ether oxygens (including phenoxy) is 1. The monoisotopic (exact) mass is 471 g/mol. The lowest BCUT2D eigenvalue weighted by Crippen LogP contribution is -2.50. The van der Waals surface area contributed by atoms with Gasteiger partial charge in [0.15, 0.2) is 5.54 Å². The third-order valence-electron chi connectivity index (χ3n) is 7.14. The van der Waals surface area contributed by atoms with Crippen LogP contribution in [0.3, 0.4) is 0 Å². The van der Waals surface area contributed by atoms with E-state index in [-0.39, 0.29) is 17.9 Å². The molecule has 2 aliphatic heterocycles. The number of H-pyrrole nitrogens is 1. The number of carbonyl (C=O) groups is 2. The lowest BCUT2D eigenvalue weighted by Gasteiger charge is -2.40. The molecular formula is C27H22ClN3O3. The van der Waals surface area contributed by atoms with Crippen LogP contribution in [0, 0.1) is 0 Å². The molecule has 0 bridgehead atoms. The van der Waals surface area contributed by atoms with Crippen LogP contribution in [-0.2, 0) is 10.3 Å². The van der Waals surface area contributed by atoms with Crippen LogP contribution in [0.2, 0.25) is 5.02 Å². The number of imide groups is 1. The normalized spacial score (nSPS) is 21.7. The molecule has 1 N–H and O–H groups in total. The third kappa shape index (κ3) is 2.63. The Labute approximate surface area is 201 Å². The zero-order valence-electron chi connectivity index (χ0n) is 18.7. The Bertz CT molecular complexity index is 1480. The second-order valence-corrected chi connectivity index (χ2v) is 9.22. The van der Waals surface area contributed by atoms with Crippen molar-refractivity contribution in [3.05, 3.63) is 94.6 Å². The van der Waals surface area contributed by atoms with Crippen molar-refractivity contribution in [2.75, 3.05) is 18.6 Å². The molecule has 1 aromatic heterocycles. The summed E-state index contributed by atoms with van der Waals surface area (Å²) in [4.78, 5) is 34.1. The van der Waals surface area contributed by atoms with Gasteiger partial charge in [-0.05, 0) is 36.8 Å². The van der Waals surface area contributed by atoms with Crippen LogP contribution >= 0.6 is 11.6 Å². The highest BCUT2D eigenvalue weighted by atomic mass is 35.5. The molecule has 6 nitrogen and oxygen atoms in total. The summed E-state index contributed by atoms with van der Waals surface area (Å²) in [6.45, 7) is 2.15. The van der Waals surface area contributed by atoms with Crippen LogP contribution in [0.4, 0.5) is 10.5 Å². The molecular weight excluding hydrogens is 450 g/mol. The molecule has 0 saturated carbocycles. The molecule has 6 rings (SSSR count). The van der Waals surface area contributed by atoms with Crippen LogP contribution in [0.1, 0.15) is 29.7 Å². The standard InChI is InChI=1S/C27H22ClN3O3/c1-27-24-23(17-10-3-6-12-20(17)29-24)18(16-9-4-8-14-22(16)34-2)15-30(27)26(33)31(25(27)32)21-13-7-5-11-19(21)28/h3-14,18,29H,15H2,1-2H3. The molecule has 2 aliphatic rings. The first-order valence-electron chi connectivity index (χ1n) is 11.1. The van der Waals surface area contributed by atoms with Gasteiger partial charge in [-0.3, -0.25) is 4.79 Å². The van der Waals surface area contributed by atoms with Gasteiger partial charge in [0.25, 0.3) is 5.91 Å². The van der Waals surface area contributed by atoms with Crippen LogP contribution in [0.5, 0.6) is 5.75 Å². The first-order valence-corrected chi connectivity index (χ1v) is 11.5. The van der Waals surface area contributed by atoms with Gasteiger partial charge in [0.05, 0.1) is 23.5 Å². The minimum Gasteiger partial charge on any atom is -0.496 e. The van der Waals surface area contributed by atoms with E-state index in [0.717, 1.165) is 33.5 Å². The molecule has 7 heteroatoms. The average molecular weight is 472 g/mol. The van der Waals surface area contributed by atoms with Crippen molar-refractivity contribution in [3.63, 3.8) is 0 Å². The third-order valence-corrected chi connectivity index (χ3v) is 7.46. The van der Waals surface area contributed by atoms with E-state index in [1.807, 2.05) is 49.4 Å². The van der Waals surface area contributed by atoms with Crippen molar-refractivity contribution in [1.82, 2.24) is 9.88 Å². The van der Waals surface area contributed by atoms with Crippen molar-refractivity contribution in [2.45, 2.75) is 18.4 Å². The van der Waals surface area contributed by atoms with Crippen molar-refractivity contribution >= 4 is 40.1 Å². The molecule has 0 aliphatic carbocycles. The highest BCUT2D eigenvalue weighted by Gasteiger charge is 2.61. The van der Waals surface area contributed by atoms with Crippen LogP contribution in [0.25, 0.3) is 10.9 Å². The summed E-state index contributed by atoms with van der Waals surface area (Å²) in [6, 6.07) is 22.4. The Morgan fingerprint density at radius 1 is 1.00 bits per heavy atom. The Hall–Kier alpha value is -3.77. The Balaban J connectivity index is 1.62. The Morgan fingerprint density at radius 2 is 1.71 bits per heavy atom. The maximum atomic E-state index is 14.0. The van der Waals surface area contributed by atoms with Gasteiger partial charge in [-0.2, -0.15) is 0 Å². The summed E-state index contributed by atoms with van der Waals surface area (Å²) in [5, 5.41) is 1.39. The molecule has 1 fully saturated rings. The number of amides is 3. The summed E-state index contributed by atoms with van der Waals surface area (Å²) in [6.07, 6.45) is 0. The zero-order chi connectivity index (χ0) is 23.6. The number of nitrogens with zero attached hydrogens (tertiary/aromatic N) is 2. The Kier molecular flexibility index (Phi) is 4.51. The highest BCUT2D eigenvalue weighted by molar-refractivity contribution is 6.36. The molecule has 3 aromatic carbocycles. The molecule has 3 heterocycles. The second kappa shape index (κ2) is 7.37. The SMILES string of the molecule is COc1ccccc1C1CN2C(=O)N(c3ccccc3Cl)C(=O)C2(C)c2[nH]c3ccccc3c21. The number of para-hydroxylation sites is 3. The van der Waals surface area contributed by atoms with Gasteiger partial charge in [0.1, 0.15) is 5.75 Å². The van der Waals surface area contributed by atoms with Gasteiger partial charge in [0.2, 0.25) is 0 Å². The first-order chi connectivity index (χ1) is 16.5. The largest absolute Gasteiger partial charge is 0.496 e. The number of carbonyl (C=O) groups excluding carboxylic acids is 2. The van der Waals surface area contributed by atoms with E-state index in [0.29, 0.717) is 17.3 Å². The van der Waals surface area contributed by atoms with Crippen molar-refractivity contribution in [2.24, 2.45) is 0 Å². The molecule has 3 amide bonds. The molecule has 34 heavy (non-hydrogen) atoms. The number of methoxy groups -OCH3 is 1.